The van der Waals surface area contributed by atoms with Crippen molar-refractivity contribution in [3.8, 4) is 0 Å². The minimum absolute atomic E-state index is 0.0675. The molecule has 0 heterocycles. The number of rotatable bonds is 4. The molecule has 0 aromatic heterocycles. The standard InChI is InChI=1S/C15H11ClFNO3/c16-12-8-10(17)5-6-13(12)18-14(19)7-9-3-1-2-4-11(9)15(20)21/h1-6,8H,7H2,(H,18,19)(H,20,21). The number of anilines is 1. The van der Waals surface area contributed by atoms with Crippen LogP contribution in [0.4, 0.5) is 10.1 Å². The molecule has 0 aliphatic heterocycles. The molecule has 0 unspecified atom stereocenters. The lowest BCUT2D eigenvalue weighted by atomic mass is 10.0. The number of benzene rings is 2. The van der Waals surface area contributed by atoms with Crippen molar-refractivity contribution in [1.82, 2.24) is 0 Å². The number of hydrogen-bond donors (Lipinski definition) is 2. The third-order valence-electron chi connectivity index (χ3n) is 2.80. The van der Waals surface area contributed by atoms with Crippen LogP contribution in [0.5, 0.6) is 0 Å². The van der Waals surface area contributed by atoms with Crippen LogP contribution in [0.25, 0.3) is 0 Å². The van der Waals surface area contributed by atoms with Crippen molar-refractivity contribution in [1.29, 1.82) is 0 Å². The molecule has 0 bridgehead atoms. The van der Waals surface area contributed by atoms with E-state index in [2.05, 4.69) is 5.32 Å². The minimum Gasteiger partial charge on any atom is -0.478 e. The van der Waals surface area contributed by atoms with E-state index in [1.165, 1.54) is 18.2 Å². The van der Waals surface area contributed by atoms with Crippen LogP contribution in [0.15, 0.2) is 42.5 Å². The fourth-order valence-corrected chi connectivity index (χ4v) is 2.06. The number of amides is 1. The van der Waals surface area contributed by atoms with Crippen molar-refractivity contribution in [2.75, 3.05) is 5.32 Å². The maximum atomic E-state index is 12.9. The third kappa shape index (κ3) is 3.79. The molecule has 0 spiro atoms. The fourth-order valence-electron chi connectivity index (χ4n) is 1.84. The Labute approximate surface area is 125 Å². The first-order valence-electron chi connectivity index (χ1n) is 6.03. The van der Waals surface area contributed by atoms with Gasteiger partial charge in [-0.15, -0.1) is 0 Å². The highest BCUT2D eigenvalue weighted by molar-refractivity contribution is 6.33. The van der Waals surface area contributed by atoms with E-state index >= 15 is 0 Å². The van der Waals surface area contributed by atoms with Gasteiger partial charge in [0.2, 0.25) is 5.91 Å². The van der Waals surface area contributed by atoms with Crippen molar-refractivity contribution in [3.05, 3.63) is 64.4 Å². The summed E-state index contributed by atoms with van der Waals surface area (Å²) in [5.74, 6) is -2.04. The molecule has 21 heavy (non-hydrogen) atoms. The smallest absolute Gasteiger partial charge is 0.335 e. The van der Waals surface area contributed by atoms with Crippen molar-refractivity contribution in [2.24, 2.45) is 0 Å². The van der Waals surface area contributed by atoms with Crippen molar-refractivity contribution in [2.45, 2.75) is 6.42 Å². The Bertz CT molecular complexity index is 703. The number of carbonyl (C=O) groups excluding carboxylic acids is 1. The number of halogens is 2. The van der Waals surface area contributed by atoms with Crippen LogP contribution in [-0.2, 0) is 11.2 Å². The zero-order valence-electron chi connectivity index (χ0n) is 10.8. The maximum Gasteiger partial charge on any atom is 0.335 e. The van der Waals surface area contributed by atoms with Crippen LogP contribution >= 0.6 is 11.6 Å². The number of carbonyl (C=O) groups is 2. The Kier molecular flexibility index (Phi) is 4.55. The van der Waals surface area contributed by atoms with E-state index in [4.69, 9.17) is 16.7 Å². The van der Waals surface area contributed by atoms with E-state index in [0.29, 0.717) is 5.56 Å². The van der Waals surface area contributed by atoms with Gasteiger partial charge in [-0.1, -0.05) is 29.8 Å². The van der Waals surface area contributed by atoms with Crippen LogP contribution < -0.4 is 5.32 Å². The summed E-state index contributed by atoms with van der Waals surface area (Å²) in [5.41, 5.74) is 0.731. The molecule has 1 amide bonds. The second kappa shape index (κ2) is 6.37. The van der Waals surface area contributed by atoms with Gasteiger partial charge in [-0.2, -0.15) is 0 Å². The zero-order chi connectivity index (χ0) is 15.4. The molecule has 2 aromatic rings. The Hall–Kier alpha value is -2.40. The monoisotopic (exact) mass is 307 g/mol. The van der Waals surface area contributed by atoms with E-state index in [0.717, 1.165) is 6.07 Å². The van der Waals surface area contributed by atoms with E-state index < -0.39 is 17.7 Å². The summed E-state index contributed by atoms with van der Waals surface area (Å²) in [4.78, 5) is 23.0. The van der Waals surface area contributed by atoms with Crippen molar-refractivity contribution >= 4 is 29.2 Å². The molecule has 6 heteroatoms. The van der Waals surface area contributed by atoms with Gasteiger partial charge < -0.3 is 10.4 Å². The van der Waals surface area contributed by atoms with E-state index in [1.807, 2.05) is 0 Å². The summed E-state index contributed by atoms with van der Waals surface area (Å²) in [7, 11) is 0. The molecule has 2 aromatic carbocycles. The second-order valence-electron chi connectivity index (χ2n) is 4.31. The Balaban J connectivity index is 2.14. The third-order valence-corrected chi connectivity index (χ3v) is 3.12. The maximum absolute atomic E-state index is 12.9. The minimum atomic E-state index is -1.10. The summed E-state index contributed by atoms with van der Waals surface area (Å²) in [6.07, 6.45) is -0.115. The number of carboxylic acids is 1. The second-order valence-corrected chi connectivity index (χ2v) is 4.72. The van der Waals surface area contributed by atoms with Crippen molar-refractivity contribution < 1.29 is 19.1 Å². The number of nitrogens with one attached hydrogen (secondary N) is 1. The molecular formula is C15H11ClFNO3. The molecule has 0 atom stereocenters. The topological polar surface area (TPSA) is 66.4 Å². The Morgan fingerprint density at radius 1 is 1.19 bits per heavy atom. The summed E-state index contributed by atoms with van der Waals surface area (Å²) in [6.45, 7) is 0. The molecule has 0 radical (unpaired) electrons. The Morgan fingerprint density at radius 3 is 2.57 bits per heavy atom. The number of hydrogen-bond acceptors (Lipinski definition) is 2. The molecule has 0 fully saturated rings. The normalized spacial score (nSPS) is 10.2. The van der Waals surface area contributed by atoms with Crippen molar-refractivity contribution in [3.63, 3.8) is 0 Å². The molecule has 2 N–H and O–H groups in total. The lowest BCUT2D eigenvalue weighted by Crippen LogP contribution is -2.16. The summed E-state index contributed by atoms with van der Waals surface area (Å²) < 4.78 is 12.9. The van der Waals surface area contributed by atoms with Gasteiger partial charge in [-0.25, -0.2) is 9.18 Å². The van der Waals surface area contributed by atoms with Gasteiger partial charge in [-0.05, 0) is 29.8 Å². The van der Waals surface area contributed by atoms with Gasteiger partial charge in [0.05, 0.1) is 22.7 Å². The van der Waals surface area contributed by atoms with E-state index in [1.54, 1.807) is 18.2 Å². The molecular weight excluding hydrogens is 297 g/mol. The molecule has 0 aliphatic carbocycles. The molecule has 0 aliphatic rings. The molecule has 0 saturated carbocycles. The first-order valence-corrected chi connectivity index (χ1v) is 6.41. The molecule has 2 rings (SSSR count). The SMILES string of the molecule is O=C(Cc1ccccc1C(=O)O)Nc1ccc(F)cc1Cl. The lowest BCUT2D eigenvalue weighted by Gasteiger charge is -2.09. The van der Waals surface area contributed by atoms with E-state index in [-0.39, 0.29) is 22.7 Å². The Morgan fingerprint density at radius 2 is 1.90 bits per heavy atom. The van der Waals surface area contributed by atoms with Gasteiger partial charge in [0.1, 0.15) is 5.82 Å². The predicted molar refractivity (Wildman–Crippen MR) is 77.1 cm³/mol. The van der Waals surface area contributed by atoms with Crippen LogP contribution in [-0.4, -0.2) is 17.0 Å². The van der Waals surface area contributed by atoms with Crippen LogP contribution in [0.1, 0.15) is 15.9 Å². The lowest BCUT2D eigenvalue weighted by molar-refractivity contribution is -0.115. The van der Waals surface area contributed by atoms with Gasteiger partial charge in [0.25, 0.3) is 0 Å². The van der Waals surface area contributed by atoms with Crippen LogP contribution in [0.2, 0.25) is 5.02 Å². The number of aromatic carboxylic acids is 1. The highest BCUT2D eigenvalue weighted by Crippen LogP contribution is 2.22. The van der Waals surface area contributed by atoms with Crippen LogP contribution in [0.3, 0.4) is 0 Å². The van der Waals surface area contributed by atoms with Crippen LogP contribution in [0, 0.1) is 5.82 Å². The van der Waals surface area contributed by atoms with Gasteiger partial charge in [0.15, 0.2) is 0 Å². The van der Waals surface area contributed by atoms with Gasteiger partial charge >= 0.3 is 5.97 Å². The fraction of sp³-hybridized carbons (Fsp3) is 0.0667. The molecule has 0 saturated heterocycles. The quantitative estimate of drug-likeness (QED) is 0.910. The largest absolute Gasteiger partial charge is 0.478 e. The average Bonchev–Trinajstić information content (AvgIpc) is 2.42. The van der Waals surface area contributed by atoms with E-state index in [9.17, 15) is 14.0 Å². The predicted octanol–water partition coefficient (Wildman–Crippen LogP) is 3.36. The number of carboxylic acid groups (broad SMARTS) is 1. The average molecular weight is 308 g/mol. The summed E-state index contributed by atoms with van der Waals surface area (Å²) in [6, 6.07) is 9.83. The highest BCUT2D eigenvalue weighted by Gasteiger charge is 2.13. The zero-order valence-corrected chi connectivity index (χ0v) is 11.5. The first kappa shape index (κ1) is 15.0. The highest BCUT2D eigenvalue weighted by atomic mass is 35.5. The van der Waals surface area contributed by atoms with Gasteiger partial charge in [0, 0.05) is 0 Å². The molecule has 4 nitrogen and oxygen atoms in total. The first-order chi connectivity index (χ1) is 9.97. The summed E-state index contributed by atoms with van der Waals surface area (Å²) in [5, 5.41) is 11.6. The van der Waals surface area contributed by atoms with Gasteiger partial charge in [-0.3, -0.25) is 4.79 Å². The molecule has 108 valence electrons. The summed E-state index contributed by atoms with van der Waals surface area (Å²) >= 11 is 5.81.